The molecule has 1 N–H and O–H groups in total. The first-order valence-corrected chi connectivity index (χ1v) is 6.33. The number of likely N-dealkylation sites (tertiary alicyclic amines) is 1. The van der Waals surface area contributed by atoms with Crippen LogP contribution in [-0.2, 0) is 0 Å². The third-order valence-electron chi connectivity index (χ3n) is 3.15. The van der Waals surface area contributed by atoms with Crippen LogP contribution in [-0.4, -0.2) is 37.7 Å². The number of ether oxygens (including phenoxy) is 1. The zero-order valence-corrected chi connectivity index (χ0v) is 10.7. The molecule has 1 atom stereocenters. The molecule has 1 aliphatic rings. The summed E-state index contributed by atoms with van der Waals surface area (Å²) in [5, 5.41) is 12.0. The Labute approximate surface area is 108 Å². The van der Waals surface area contributed by atoms with Crippen molar-refractivity contribution in [2.75, 3.05) is 32.1 Å². The Hall–Kier alpha value is -1.73. The van der Waals surface area contributed by atoms with Gasteiger partial charge in [-0.1, -0.05) is 0 Å². The fourth-order valence-electron chi connectivity index (χ4n) is 2.28. The molecule has 4 heteroatoms. The predicted molar refractivity (Wildman–Crippen MR) is 71.7 cm³/mol. The minimum absolute atomic E-state index is 0.0974. The van der Waals surface area contributed by atoms with E-state index in [9.17, 15) is 0 Å². The number of benzene rings is 1. The second-order valence-electron chi connectivity index (χ2n) is 4.72. The lowest BCUT2D eigenvalue weighted by atomic mass is 10.1. The van der Waals surface area contributed by atoms with Gasteiger partial charge in [0.2, 0.25) is 0 Å². The standard InChI is InChI=1S/C14H19N3O/c1-17-9-2-3-13(11-17)16-12-4-6-14(7-5-12)18-10-8-15/h4-7,13,16H,2-3,9-11H2,1H3. The Morgan fingerprint density at radius 2 is 2.22 bits per heavy atom. The lowest BCUT2D eigenvalue weighted by molar-refractivity contribution is 0.261. The Morgan fingerprint density at radius 1 is 1.44 bits per heavy atom. The summed E-state index contributed by atoms with van der Waals surface area (Å²) >= 11 is 0. The quantitative estimate of drug-likeness (QED) is 0.882. The van der Waals surface area contributed by atoms with E-state index in [0.717, 1.165) is 18.0 Å². The summed E-state index contributed by atoms with van der Waals surface area (Å²) in [5.41, 5.74) is 1.11. The molecule has 0 radical (unpaired) electrons. The topological polar surface area (TPSA) is 48.3 Å². The van der Waals surface area contributed by atoms with E-state index in [2.05, 4.69) is 17.3 Å². The van der Waals surface area contributed by atoms with Crippen molar-refractivity contribution in [3.8, 4) is 11.8 Å². The third-order valence-corrected chi connectivity index (χ3v) is 3.15. The Kier molecular flexibility index (Phi) is 4.43. The smallest absolute Gasteiger partial charge is 0.174 e. The number of hydrogen-bond acceptors (Lipinski definition) is 4. The van der Waals surface area contributed by atoms with E-state index >= 15 is 0 Å². The summed E-state index contributed by atoms with van der Waals surface area (Å²) in [6.45, 7) is 2.38. The second-order valence-corrected chi connectivity index (χ2v) is 4.72. The Morgan fingerprint density at radius 3 is 2.89 bits per heavy atom. The molecule has 1 aromatic carbocycles. The van der Waals surface area contributed by atoms with Crippen molar-refractivity contribution in [1.82, 2.24) is 4.90 Å². The van der Waals surface area contributed by atoms with Crippen molar-refractivity contribution in [2.24, 2.45) is 0 Å². The number of nitriles is 1. The Balaban J connectivity index is 1.87. The summed E-state index contributed by atoms with van der Waals surface area (Å²) < 4.78 is 5.22. The highest BCUT2D eigenvalue weighted by atomic mass is 16.5. The first-order valence-electron chi connectivity index (χ1n) is 6.33. The monoisotopic (exact) mass is 245 g/mol. The van der Waals surface area contributed by atoms with Gasteiger partial charge in [0.1, 0.15) is 11.8 Å². The highest BCUT2D eigenvalue weighted by Gasteiger charge is 2.16. The number of hydrogen-bond donors (Lipinski definition) is 1. The molecule has 1 aliphatic heterocycles. The lowest BCUT2D eigenvalue weighted by Gasteiger charge is -2.30. The number of nitrogens with one attached hydrogen (secondary N) is 1. The molecule has 1 aromatic rings. The van der Waals surface area contributed by atoms with Gasteiger partial charge in [0.15, 0.2) is 6.61 Å². The molecule has 0 saturated carbocycles. The molecule has 0 aliphatic carbocycles. The molecule has 0 aromatic heterocycles. The maximum atomic E-state index is 8.43. The summed E-state index contributed by atoms with van der Waals surface area (Å²) in [6, 6.07) is 10.3. The number of likely N-dealkylation sites (N-methyl/N-ethyl adjacent to an activating group) is 1. The molecule has 1 unspecified atom stereocenters. The SMILES string of the molecule is CN1CCCC(Nc2ccc(OCC#N)cc2)C1. The van der Waals surface area contributed by atoms with Crippen LogP contribution in [0.5, 0.6) is 5.75 Å². The predicted octanol–water partition coefficient (Wildman–Crippen LogP) is 2.10. The number of nitrogens with zero attached hydrogens (tertiary/aromatic N) is 2. The molecule has 0 amide bonds. The van der Waals surface area contributed by atoms with Crippen molar-refractivity contribution >= 4 is 5.69 Å². The van der Waals surface area contributed by atoms with Crippen molar-refractivity contribution in [2.45, 2.75) is 18.9 Å². The molecule has 2 rings (SSSR count). The molecule has 4 nitrogen and oxygen atoms in total. The zero-order valence-electron chi connectivity index (χ0n) is 10.7. The van der Waals surface area contributed by atoms with Gasteiger partial charge >= 0.3 is 0 Å². The van der Waals surface area contributed by atoms with Gasteiger partial charge in [0.05, 0.1) is 0 Å². The van der Waals surface area contributed by atoms with Crippen LogP contribution in [0, 0.1) is 11.3 Å². The van der Waals surface area contributed by atoms with Gasteiger partial charge in [-0.05, 0) is 50.7 Å². The van der Waals surface area contributed by atoms with Gasteiger partial charge in [0, 0.05) is 18.3 Å². The minimum Gasteiger partial charge on any atom is -0.479 e. The van der Waals surface area contributed by atoms with Crippen molar-refractivity contribution < 1.29 is 4.74 Å². The van der Waals surface area contributed by atoms with Gasteiger partial charge in [-0.15, -0.1) is 0 Å². The fourth-order valence-corrected chi connectivity index (χ4v) is 2.28. The van der Waals surface area contributed by atoms with Gasteiger partial charge in [-0.25, -0.2) is 0 Å². The number of anilines is 1. The maximum Gasteiger partial charge on any atom is 0.174 e. The minimum atomic E-state index is 0.0974. The van der Waals surface area contributed by atoms with Crippen LogP contribution in [0.2, 0.25) is 0 Å². The molecule has 18 heavy (non-hydrogen) atoms. The first kappa shape index (κ1) is 12.7. The van der Waals surface area contributed by atoms with E-state index in [-0.39, 0.29) is 6.61 Å². The van der Waals surface area contributed by atoms with Crippen molar-refractivity contribution in [3.05, 3.63) is 24.3 Å². The molecular weight excluding hydrogens is 226 g/mol. The van der Waals surface area contributed by atoms with Gasteiger partial charge in [0.25, 0.3) is 0 Å². The summed E-state index contributed by atoms with van der Waals surface area (Å²) in [5.74, 6) is 0.739. The van der Waals surface area contributed by atoms with E-state index < -0.39 is 0 Å². The zero-order chi connectivity index (χ0) is 12.8. The molecule has 96 valence electrons. The lowest BCUT2D eigenvalue weighted by Crippen LogP contribution is -2.39. The largest absolute Gasteiger partial charge is 0.479 e. The second kappa shape index (κ2) is 6.27. The normalized spacial score (nSPS) is 20.1. The van der Waals surface area contributed by atoms with Crippen LogP contribution >= 0.6 is 0 Å². The van der Waals surface area contributed by atoms with Crippen LogP contribution in [0.3, 0.4) is 0 Å². The van der Waals surface area contributed by atoms with Gasteiger partial charge < -0.3 is 15.0 Å². The van der Waals surface area contributed by atoms with Crippen LogP contribution in [0.15, 0.2) is 24.3 Å². The van der Waals surface area contributed by atoms with E-state index in [1.165, 1.54) is 19.4 Å². The van der Waals surface area contributed by atoms with Crippen LogP contribution in [0.1, 0.15) is 12.8 Å². The van der Waals surface area contributed by atoms with E-state index in [4.69, 9.17) is 10.00 Å². The third kappa shape index (κ3) is 3.64. The van der Waals surface area contributed by atoms with Crippen LogP contribution in [0.4, 0.5) is 5.69 Å². The number of rotatable bonds is 4. The average Bonchev–Trinajstić information content (AvgIpc) is 2.38. The molecule has 1 fully saturated rings. The van der Waals surface area contributed by atoms with Gasteiger partial charge in [-0.2, -0.15) is 5.26 Å². The van der Waals surface area contributed by atoms with E-state index in [1.807, 2.05) is 30.3 Å². The van der Waals surface area contributed by atoms with Crippen molar-refractivity contribution in [3.63, 3.8) is 0 Å². The molecule has 1 heterocycles. The number of piperidine rings is 1. The first-order chi connectivity index (χ1) is 8.78. The fraction of sp³-hybridized carbons (Fsp3) is 0.500. The summed E-state index contributed by atoms with van der Waals surface area (Å²) in [7, 11) is 2.16. The maximum absolute atomic E-state index is 8.43. The van der Waals surface area contributed by atoms with E-state index in [1.54, 1.807) is 0 Å². The van der Waals surface area contributed by atoms with Crippen molar-refractivity contribution in [1.29, 1.82) is 5.26 Å². The molecule has 0 spiro atoms. The van der Waals surface area contributed by atoms with Gasteiger partial charge in [-0.3, -0.25) is 0 Å². The molecular formula is C14H19N3O. The highest BCUT2D eigenvalue weighted by molar-refractivity contribution is 5.47. The molecule has 0 bridgehead atoms. The highest BCUT2D eigenvalue weighted by Crippen LogP contribution is 2.18. The van der Waals surface area contributed by atoms with Crippen LogP contribution in [0.25, 0.3) is 0 Å². The van der Waals surface area contributed by atoms with Crippen LogP contribution < -0.4 is 10.1 Å². The Bertz CT molecular complexity index is 410. The molecule has 1 saturated heterocycles. The summed E-state index contributed by atoms with van der Waals surface area (Å²) in [6.07, 6.45) is 2.47. The summed E-state index contributed by atoms with van der Waals surface area (Å²) in [4.78, 5) is 2.35. The van der Waals surface area contributed by atoms with E-state index in [0.29, 0.717) is 6.04 Å². The average molecular weight is 245 g/mol.